The Morgan fingerprint density at radius 1 is 1.53 bits per heavy atom. The van der Waals surface area contributed by atoms with Crippen molar-refractivity contribution >= 4 is 17.3 Å². The molecule has 17 heavy (non-hydrogen) atoms. The van der Waals surface area contributed by atoms with E-state index >= 15 is 0 Å². The van der Waals surface area contributed by atoms with Crippen LogP contribution in [0.1, 0.15) is 5.56 Å². The van der Waals surface area contributed by atoms with E-state index in [0.29, 0.717) is 6.42 Å². The fourth-order valence-electron chi connectivity index (χ4n) is 2.01. The van der Waals surface area contributed by atoms with Gasteiger partial charge >= 0.3 is 0 Å². The first-order valence-electron chi connectivity index (χ1n) is 5.55. The molecule has 1 aromatic rings. The van der Waals surface area contributed by atoms with Gasteiger partial charge in [-0.2, -0.15) is 0 Å². The summed E-state index contributed by atoms with van der Waals surface area (Å²) in [5.41, 5.74) is 2.73. The number of aliphatic hydroxyl groups excluding tert-OH is 2. The molecule has 0 radical (unpaired) electrons. The lowest BCUT2D eigenvalue weighted by molar-refractivity contribution is -0.117. The number of fused-ring (bicyclic) bond motifs is 1. The summed E-state index contributed by atoms with van der Waals surface area (Å²) in [6.45, 7) is -0.199. The Bertz CT molecular complexity index is 434. The van der Waals surface area contributed by atoms with Gasteiger partial charge in [-0.05, 0) is 23.8 Å². The van der Waals surface area contributed by atoms with Crippen LogP contribution in [0.3, 0.4) is 0 Å². The number of β-amino-alcohol motifs (C(OH)–C–C–N with tert-alkyl or cyclic N) is 1. The molecule has 1 aromatic carbocycles. The van der Waals surface area contributed by atoms with E-state index in [-0.39, 0.29) is 19.1 Å². The van der Waals surface area contributed by atoms with Crippen LogP contribution in [-0.4, -0.2) is 42.4 Å². The van der Waals surface area contributed by atoms with Crippen LogP contribution in [0.5, 0.6) is 0 Å². The SMILES string of the molecule is CNc1ccc2c(c1)CC(=O)N2CC(O)CO. The molecule has 1 aliphatic rings. The normalized spacial score (nSPS) is 15.9. The zero-order valence-corrected chi connectivity index (χ0v) is 9.68. The van der Waals surface area contributed by atoms with Crippen LogP contribution in [0.2, 0.25) is 0 Å². The Kier molecular flexibility index (Phi) is 3.31. The monoisotopic (exact) mass is 236 g/mol. The van der Waals surface area contributed by atoms with Crippen LogP contribution in [0.15, 0.2) is 18.2 Å². The molecule has 0 bridgehead atoms. The number of benzene rings is 1. The number of nitrogens with zero attached hydrogens (tertiary/aromatic N) is 1. The lowest BCUT2D eigenvalue weighted by atomic mass is 10.1. The summed E-state index contributed by atoms with van der Waals surface area (Å²) < 4.78 is 0. The standard InChI is InChI=1S/C12H16N2O3/c1-13-9-2-3-11-8(4-9)5-12(17)14(11)6-10(16)7-15/h2-4,10,13,15-16H,5-7H2,1H3. The number of nitrogens with one attached hydrogen (secondary N) is 1. The smallest absolute Gasteiger partial charge is 0.231 e. The van der Waals surface area contributed by atoms with Gasteiger partial charge in [-0.15, -0.1) is 0 Å². The highest BCUT2D eigenvalue weighted by Gasteiger charge is 2.28. The zero-order chi connectivity index (χ0) is 12.4. The number of carbonyl (C=O) groups is 1. The maximum absolute atomic E-state index is 11.8. The number of carbonyl (C=O) groups excluding carboxylic acids is 1. The molecule has 0 saturated heterocycles. The predicted octanol–water partition coefficient (Wildman–Crippen LogP) is -0.0294. The van der Waals surface area contributed by atoms with Crippen molar-refractivity contribution in [2.24, 2.45) is 0 Å². The van der Waals surface area contributed by atoms with Crippen LogP contribution in [0, 0.1) is 0 Å². The first-order valence-corrected chi connectivity index (χ1v) is 5.55. The number of hydrogen-bond donors (Lipinski definition) is 3. The maximum atomic E-state index is 11.8. The van der Waals surface area contributed by atoms with E-state index in [0.717, 1.165) is 16.9 Å². The van der Waals surface area contributed by atoms with E-state index in [9.17, 15) is 9.90 Å². The van der Waals surface area contributed by atoms with Crippen molar-refractivity contribution in [2.75, 3.05) is 30.4 Å². The molecular formula is C12H16N2O3. The summed E-state index contributed by atoms with van der Waals surface area (Å²) >= 11 is 0. The molecule has 1 aliphatic heterocycles. The summed E-state index contributed by atoms with van der Waals surface area (Å²) in [4.78, 5) is 13.3. The number of anilines is 2. The van der Waals surface area contributed by atoms with E-state index in [1.165, 1.54) is 4.90 Å². The first-order chi connectivity index (χ1) is 8.15. The van der Waals surface area contributed by atoms with Gasteiger partial charge in [0.05, 0.1) is 25.7 Å². The van der Waals surface area contributed by atoms with Gasteiger partial charge in [0.25, 0.3) is 0 Å². The maximum Gasteiger partial charge on any atom is 0.231 e. The number of rotatable bonds is 4. The van der Waals surface area contributed by atoms with Gasteiger partial charge in [-0.25, -0.2) is 0 Å². The van der Waals surface area contributed by atoms with Gasteiger partial charge in [0.15, 0.2) is 0 Å². The molecule has 1 heterocycles. The van der Waals surface area contributed by atoms with Gasteiger partial charge < -0.3 is 20.4 Å². The summed E-state index contributed by atoms with van der Waals surface area (Å²) in [6, 6.07) is 5.67. The molecule has 1 unspecified atom stereocenters. The Labute approximate surface area is 99.7 Å². The fourth-order valence-corrected chi connectivity index (χ4v) is 2.01. The topological polar surface area (TPSA) is 72.8 Å². The number of amides is 1. The van der Waals surface area contributed by atoms with Crippen molar-refractivity contribution < 1.29 is 15.0 Å². The molecule has 1 amide bonds. The molecule has 0 saturated carbocycles. The summed E-state index contributed by atoms with van der Waals surface area (Å²) in [6.07, 6.45) is -0.544. The molecule has 0 fully saturated rings. The van der Waals surface area contributed by atoms with Crippen molar-refractivity contribution in [2.45, 2.75) is 12.5 Å². The van der Waals surface area contributed by atoms with Crippen molar-refractivity contribution in [3.63, 3.8) is 0 Å². The van der Waals surface area contributed by atoms with Gasteiger partial charge in [0.1, 0.15) is 0 Å². The molecule has 1 atom stereocenters. The van der Waals surface area contributed by atoms with E-state index in [4.69, 9.17) is 5.11 Å². The van der Waals surface area contributed by atoms with E-state index in [1.807, 2.05) is 25.2 Å². The second-order valence-corrected chi connectivity index (χ2v) is 4.11. The van der Waals surface area contributed by atoms with Crippen molar-refractivity contribution in [3.8, 4) is 0 Å². The molecule has 3 N–H and O–H groups in total. The third kappa shape index (κ3) is 2.25. The molecule has 5 nitrogen and oxygen atoms in total. The van der Waals surface area contributed by atoms with Crippen LogP contribution < -0.4 is 10.2 Å². The quantitative estimate of drug-likeness (QED) is 0.686. The largest absolute Gasteiger partial charge is 0.394 e. The average molecular weight is 236 g/mol. The summed E-state index contributed by atoms with van der Waals surface area (Å²) in [5, 5.41) is 21.2. The van der Waals surface area contributed by atoms with Crippen molar-refractivity contribution in [1.82, 2.24) is 0 Å². The van der Waals surface area contributed by atoms with Crippen LogP contribution >= 0.6 is 0 Å². The molecule has 5 heteroatoms. The third-order valence-corrected chi connectivity index (χ3v) is 2.91. The molecule has 92 valence electrons. The van der Waals surface area contributed by atoms with Gasteiger partial charge in [0, 0.05) is 18.4 Å². The highest BCUT2D eigenvalue weighted by molar-refractivity contribution is 6.01. The van der Waals surface area contributed by atoms with Crippen molar-refractivity contribution in [3.05, 3.63) is 23.8 Å². The Balaban J connectivity index is 2.25. The number of aliphatic hydroxyl groups is 2. The number of hydrogen-bond acceptors (Lipinski definition) is 4. The van der Waals surface area contributed by atoms with Crippen LogP contribution in [-0.2, 0) is 11.2 Å². The minimum atomic E-state index is -0.895. The predicted molar refractivity (Wildman–Crippen MR) is 65.1 cm³/mol. The first kappa shape index (κ1) is 11.9. The van der Waals surface area contributed by atoms with Gasteiger partial charge in [-0.1, -0.05) is 0 Å². The van der Waals surface area contributed by atoms with E-state index in [2.05, 4.69) is 5.32 Å². The third-order valence-electron chi connectivity index (χ3n) is 2.91. The second-order valence-electron chi connectivity index (χ2n) is 4.11. The molecular weight excluding hydrogens is 220 g/mol. The highest BCUT2D eigenvalue weighted by Crippen LogP contribution is 2.31. The summed E-state index contributed by atoms with van der Waals surface area (Å²) in [7, 11) is 1.83. The highest BCUT2D eigenvalue weighted by atomic mass is 16.3. The Hall–Kier alpha value is -1.59. The van der Waals surface area contributed by atoms with E-state index in [1.54, 1.807) is 0 Å². The average Bonchev–Trinajstić information content (AvgIpc) is 2.64. The summed E-state index contributed by atoms with van der Waals surface area (Å²) in [5.74, 6) is -0.0410. The molecule has 0 aliphatic carbocycles. The molecule has 0 spiro atoms. The lowest BCUT2D eigenvalue weighted by Crippen LogP contribution is -2.36. The van der Waals surface area contributed by atoms with Crippen LogP contribution in [0.4, 0.5) is 11.4 Å². The minimum Gasteiger partial charge on any atom is -0.394 e. The molecule has 2 rings (SSSR count). The fraction of sp³-hybridized carbons (Fsp3) is 0.417. The van der Waals surface area contributed by atoms with Gasteiger partial charge in [-0.3, -0.25) is 4.79 Å². The lowest BCUT2D eigenvalue weighted by Gasteiger charge is -2.20. The zero-order valence-electron chi connectivity index (χ0n) is 9.68. The van der Waals surface area contributed by atoms with Crippen molar-refractivity contribution in [1.29, 1.82) is 0 Å². The second kappa shape index (κ2) is 4.73. The molecule has 0 aromatic heterocycles. The van der Waals surface area contributed by atoms with Gasteiger partial charge in [0.2, 0.25) is 5.91 Å². The Morgan fingerprint density at radius 3 is 2.94 bits per heavy atom. The van der Waals surface area contributed by atoms with Crippen LogP contribution in [0.25, 0.3) is 0 Å². The Morgan fingerprint density at radius 2 is 2.29 bits per heavy atom. The minimum absolute atomic E-state index is 0.0410. The van der Waals surface area contributed by atoms with E-state index < -0.39 is 6.10 Å².